The third kappa shape index (κ3) is 8.61. The summed E-state index contributed by atoms with van der Waals surface area (Å²) in [5.41, 5.74) is 12.5. The first-order chi connectivity index (χ1) is 17.1. The molecule has 1 aromatic rings. The number of aliphatic carboxylic acids is 2. The van der Waals surface area contributed by atoms with E-state index in [1.807, 2.05) is 30.3 Å². The Morgan fingerprint density at radius 1 is 1.03 bits per heavy atom. The second-order valence-electron chi connectivity index (χ2n) is 8.83. The number of nitrogens with zero attached hydrogens (tertiary/aromatic N) is 1. The van der Waals surface area contributed by atoms with Crippen molar-refractivity contribution in [2.45, 2.75) is 69.1 Å². The van der Waals surface area contributed by atoms with Crippen LogP contribution >= 0.6 is 0 Å². The van der Waals surface area contributed by atoms with E-state index in [1.165, 1.54) is 4.90 Å². The molecule has 0 bridgehead atoms. The van der Waals surface area contributed by atoms with Gasteiger partial charge in [-0.3, -0.25) is 19.2 Å². The van der Waals surface area contributed by atoms with Gasteiger partial charge in [-0.25, -0.2) is 4.79 Å². The first-order valence-electron chi connectivity index (χ1n) is 12.0. The van der Waals surface area contributed by atoms with Crippen molar-refractivity contribution in [1.82, 2.24) is 15.5 Å². The molecular formula is C24H35N5O7. The summed E-state index contributed by atoms with van der Waals surface area (Å²) in [7, 11) is 0. The average molecular weight is 506 g/mol. The van der Waals surface area contributed by atoms with Gasteiger partial charge in [0.15, 0.2) is 0 Å². The Morgan fingerprint density at radius 2 is 1.72 bits per heavy atom. The molecule has 1 heterocycles. The van der Waals surface area contributed by atoms with Crippen LogP contribution in [0.25, 0.3) is 0 Å². The van der Waals surface area contributed by atoms with Crippen molar-refractivity contribution >= 4 is 29.7 Å². The molecule has 1 saturated heterocycles. The van der Waals surface area contributed by atoms with Crippen LogP contribution in [-0.2, 0) is 30.4 Å². The summed E-state index contributed by atoms with van der Waals surface area (Å²) in [4.78, 5) is 62.6. The number of carboxylic acid groups (broad SMARTS) is 2. The van der Waals surface area contributed by atoms with Crippen molar-refractivity contribution in [3.63, 3.8) is 0 Å². The molecule has 0 radical (unpaired) electrons. The SMILES string of the molecule is NCCCCC(NC(=O)C(N)Cc1ccccc1)C(=O)N1CCCC1C(=O)NC(CC(=O)O)C(=O)O. The summed E-state index contributed by atoms with van der Waals surface area (Å²) in [5.74, 6) is -4.59. The van der Waals surface area contributed by atoms with E-state index in [1.54, 1.807) is 0 Å². The normalized spacial score (nSPS) is 17.6. The highest BCUT2D eigenvalue weighted by molar-refractivity contribution is 5.95. The molecule has 1 aliphatic heterocycles. The van der Waals surface area contributed by atoms with Crippen LogP contribution in [0.2, 0.25) is 0 Å². The lowest BCUT2D eigenvalue weighted by Crippen LogP contribution is -2.57. The molecule has 2 rings (SSSR count). The highest BCUT2D eigenvalue weighted by Gasteiger charge is 2.39. The number of benzene rings is 1. The van der Waals surface area contributed by atoms with E-state index in [9.17, 15) is 29.1 Å². The van der Waals surface area contributed by atoms with Crippen molar-refractivity contribution in [3.8, 4) is 0 Å². The maximum Gasteiger partial charge on any atom is 0.326 e. The van der Waals surface area contributed by atoms with Gasteiger partial charge in [0.1, 0.15) is 18.1 Å². The quantitative estimate of drug-likeness (QED) is 0.175. The predicted octanol–water partition coefficient (Wildman–Crippen LogP) is -0.795. The Labute approximate surface area is 209 Å². The highest BCUT2D eigenvalue weighted by Crippen LogP contribution is 2.20. The van der Waals surface area contributed by atoms with Crippen LogP contribution in [0, 0.1) is 0 Å². The third-order valence-electron chi connectivity index (χ3n) is 6.03. The van der Waals surface area contributed by atoms with E-state index in [0.717, 1.165) is 5.56 Å². The van der Waals surface area contributed by atoms with E-state index in [0.29, 0.717) is 32.2 Å². The lowest BCUT2D eigenvalue weighted by Gasteiger charge is -2.30. The van der Waals surface area contributed by atoms with Gasteiger partial charge in [-0.1, -0.05) is 30.3 Å². The van der Waals surface area contributed by atoms with E-state index in [-0.39, 0.29) is 19.4 Å². The summed E-state index contributed by atoms with van der Waals surface area (Å²) in [6.07, 6.45) is 1.76. The zero-order valence-corrected chi connectivity index (χ0v) is 20.1. The number of rotatable bonds is 14. The van der Waals surface area contributed by atoms with E-state index in [2.05, 4.69) is 10.6 Å². The minimum absolute atomic E-state index is 0.243. The molecular weight excluding hydrogens is 470 g/mol. The molecule has 1 aromatic carbocycles. The number of carbonyl (C=O) groups excluding carboxylic acids is 3. The maximum atomic E-state index is 13.4. The first-order valence-corrected chi connectivity index (χ1v) is 12.0. The smallest absolute Gasteiger partial charge is 0.326 e. The number of nitrogens with two attached hydrogens (primary N) is 2. The molecule has 1 fully saturated rings. The van der Waals surface area contributed by atoms with Crippen molar-refractivity contribution in [2.24, 2.45) is 11.5 Å². The Kier molecular flexibility index (Phi) is 11.3. The second-order valence-corrected chi connectivity index (χ2v) is 8.83. The summed E-state index contributed by atoms with van der Waals surface area (Å²) >= 11 is 0. The largest absolute Gasteiger partial charge is 0.481 e. The molecule has 1 aliphatic rings. The lowest BCUT2D eigenvalue weighted by molar-refractivity contribution is -0.148. The van der Waals surface area contributed by atoms with Gasteiger partial charge in [0.05, 0.1) is 12.5 Å². The van der Waals surface area contributed by atoms with Gasteiger partial charge in [0.25, 0.3) is 0 Å². The fraction of sp³-hybridized carbons (Fsp3) is 0.542. The Hall–Kier alpha value is -3.51. The van der Waals surface area contributed by atoms with Crippen molar-refractivity contribution in [1.29, 1.82) is 0 Å². The van der Waals surface area contributed by atoms with E-state index in [4.69, 9.17) is 16.6 Å². The fourth-order valence-corrected chi connectivity index (χ4v) is 4.14. The Balaban J connectivity index is 2.10. The summed E-state index contributed by atoms with van der Waals surface area (Å²) in [6.45, 7) is 0.657. The topological polar surface area (TPSA) is 205 Å². The number of likely N-dealkylation sites (tertiary alicyclic amines) is 1. The van der Waals surface area contributed by atoms with Crippen LogP contribution in [0.5, 0.6) is 0 Å². The highest BCUT2D eigenvalue weighted by atomic mass is 16.4. The molecule has 0 aliphatic carbocycles. The Morgan fingerprint density at radius 3 is 2.33 bits per heavy atom. The van der Waals surface area contributed by atoms with Crippen LogP contribution in [0.15, 0.2) is 30.3 Å². The molecule has 12 heteroatoms. The van der Waals surface area contributed by atoms with Gasteiger partial charge < -0.3 is 37.2 Å². The summed E-state index contributed by atoms with van der Waals surface area (Å²) in [6, 6.07) is 4.80. The van der Waals surface area contributed by atoms with Crippen LogP contribution in [0.1, 0.15) is 44.1 Å². The zero-order valence-electron chi connectivity index (χ0n) is 20.1. The van der Waals surface area contributed by atoms with E-state index < -0.39 is 60.2 Å². The Bertz CT molecular complexity index is 927. The standard InChI is InChI=1S/C24H35N5O7/c25-11-5-4-9-17(27-21(32)16(26)13-15-7-2-1-3-8-15)23(34)29-12-6-10-19(29)22(33)28-18(24(35)36)14-20(30)31/h1-3,7-8,16-19H,4-6,9-14,25-26H2,(H,27,32)(H,28,33)(H,30,31)(H,35,36). The number of unbranched alkanes of at least 4 members (excludes halogenated alkanes) is 1. The number of nitrogens with one attached hydrogen (secondary N) is 2. The third-order valence-corrected chi connectivity index (χ3v) is 6.03. The number of amides is 3. The molecule has 4 atom stereocenters. The van der Waals surface area contributed by atoms with Gasteiger partial charge in [0.2, 0.25) is 17.7 Å². The summed E-state index contributed by atoms with van der Waals surface area (Å²) in [5, 5.41) is 23.1. The lowest BCUT2D eigenvalue weighted by atomic mass is 10.0. The predicted molar refractivity (Wildman–Crippen MR) is 130 cm³/mol. The molecule has 198 valence electrons. The first kappa shape index (κ1) is 28.7. The minimum Gasteiger partial charge on any atom is -0.481 e. The van der Waals surface area contributed by atoms with Gasteiger partial charge in [-0.15, -0.1) is 0 Å². The molecule has 12 nitrogen and oxygen atoms in total. The number of carboxylic acids is 2. The maximum absolute atomic E-state index is 13.4. The number of hydrogen-bond donors (Lipinski definition) is 6. The zero-order chi connectivity index (χ0) is 26.7. The van der Waals surface area contributed by atoms with Crippen LogP contribution < -0.4 is 22.1 Å². The molecule has 0 aromatic heterocycles. The fourth-order valence-electron chi connectivity index (χ4n) is 4.14. The van der Waals surface area contributed by atoms with Crippen molar-refractivity contribution < 1.29 is 34.2 Å². The number of carbonyl (C=O) groups is 5. The van der Waals surface area contributed by atoms with Gasteiger partial charge >= 0.3 is 11.9 Å². The molecule has 8 N–H and O–H groups in total. The monoisotopic (exact) mass is 505 g/mol. The van der Waals surface area contributed by atoms with Crippen LogP contribution in [0.3, 0.4) is 0 Å². The molecule has 4 unspecified atom stereocenters. The van der Waals surface area contributed by atoms with Gasteiger partial charge in [0, 0.05) is 6.54 Å². The van der Waals surface area contributed by atoms with Gasteiger partial charge in [-0.05, 0) is 50.6 Å². The molecule has 36 heavy (non-hydrogen) atoms. The molecule has 0 saturated carbocycles. The average Bonchev–Trinajstić information content (AvgIpc) is 3.33. The summed E-state index contributed by atoms with van der Waals surface area (Å²) < 4.78 is 0. The van der Waals surface area contributed by atoms with E-state index >= 15 is 0 Å². The van der Waals surface area contributed by atoms with Crippen molar-refractivity contribution in [3.05, 3.63) is 35.9 Å². The van der Waals surface area contributed by atoms with Crippen LogP contribution in [0.4, 0.5) is 0 Å². The molecule has 0 spiro atoms. The second kappa shape index (κ2) is 14.1. The van der Waals surface area contributed by atoms with Crippen molar-refractivity contribution in [2.75, 3.05) is 13.1 Å². The minimum atomic E-state index is -1.62. The van der Waals surface area contributed by atoms with Crippen LogP contribution in [-0.4, -0.2) is 82.0 Å². The van der Waals surface area contributed by atoms with Gasteiger partial charge in [-0.2, -0.15) is 0 Å². The molecule has 3 amide bonds. The number of hydrogen-bond acceptors (Lipinski definition) is 7.